The first-order valence-electron chi connectivity index (χ1n) is 6.14. The minimum atomic E-state index is 0.486. The summed E-state index contributed by atoms with van der Waals surface area (Å²) in [6.07, 6.45) is 6.03. The predicted octanol–water partition coefficient (Wildman–Crippen LogP) is 3.61. The Balaban J connectivity index is 1.89. The lowest BCUT2D eigenvalue weighted by Crippen LogP contribution is -2.26. The molecule has 0 bridgehead atoms. The fourth-order valence-corrected chi connectivity index (χ4v) is 2.58. The first-order chi connectivity index (χ1) is 9.26. The van der Waals surface area contributed by atoms with Gasteiger partial charge in [-0.25, -0.2) is 9.97 Å². The Bertz CT molecular complexity index is 557. The van der Waals surface area contributed by atoms with Gasteiger partial charge in [-0.1, -0.05) is 23.4 Å². The van der Waals surface area contributed by atoms with E-state index in [1.807, 2.05) is 24.5 Å². The summed E-state index contributed by atoms with van der Waals surface area (Å²) < 4.78 is 5.43. The number of anilines is 1. The summed E-state index contributed by atoms with van der Waals surface area (Å²) in [4.78, 5) is 11.0. The van der Waals surface area contributed by atoms with Gasteiger partial charge in [0, 0.05) is 12.1 Å². The Kier molecular flexibility index (Phi) is 3.66. The molecule has 3 rings (SSSR count). The first kappa shape index (κ1) is 12.8. The third-order valence-corrected chi connectivity index (χ3v) is 3.77. The molecule has 2 aromatic heterocycles. The van der Waals surface area contributed by atoms with E-state index in [1.165, 1.54) is 24.6 Å². The molecule has 0 aliphatic heterocycles. The molecule has 2 aromatic rings. The van der Waals surface area contributed by atoms with Crippen LogP contribution >= 0.6 is 23.4 Å². The van der Waals surface area contributed by atoms with Crippen LogP contribution in [-0.4, -0.2) is 22.3 Å². The maximum absolute atomic E-state index is 6.07. The highest BCUT2D eigenvalue weighted by Crippen LogP contribution is 2.33. The number of furan rings is 1. The van der Waals surface area contributed by atoms with E-state index in [4.69, 9.17) is 16.0 Å². The summed E-state index contributed by atoms with van der Waals surface area (Å²) in [6, 6.07) is 6.24. The lowest BCUT2D eigenvalue weighted by atomic mass is 10.3. The highest BCUT2D eigenvalue weighted by molar-refractivity contribution is 7.98. The molecule has 4 nitrogen and oxygen atoms in total. The van der Waals surface area contributed by atoms with Crippen LogP contribution in [-0.2, 0) is 6.54 Å². The van der Waals surface area contributed by atoms with Gasteiger partial charge in [-0.3, -0.25) is 0 Å². The second kappa shape index (κ2) is 5.43. The molecule has 0 N–H and O–H groups in total. The van der Waals surface area contributed by atoms with Gasteiger partial charge in [0.25, 0.3) is 0 Å². The third-order valence-electron chi connectivity index (χ3n) is 3.03. The molecule has 2 heterocycles. The third kappa shape index (κ3) is 3.04. The van der Waals surface area contributed by atoms with Crippen molar-refractivity contribution in [1.29, 1.82) is 0 Å². The van der Waals surface area contributed by atoms with E-state index in [0.717, 1.165) is 18.1 Å². The Hall–Kier alpha value is -1.20. The standard InChI is InChI=1S/C13H14ClN3OS/c1-19-13-15-11(14)7-12(16-13)17(9-4-5-9)8-10-3-2-6-18-10/h2-3,6-7,9H,4-5,8H2,1H3. The molecule has 1 saturated carbocycles. The molecule has 100 valence electrons. The summed E-state index contributed by atoms with van der Waals surface area (Å²) in [5.41, 5.74) is 0. The fraction of sp³-hybridized carbons (Fsp3) is 0.385. The second-order valence-electron chi connectivity index (χ2n) is 4.47. The van der Waals surface area contributed by atoms with E-state index in [-0.39, 0.29) is 0 Å². The van der Waals surface area contributed by atoms with Crippen LogP contribution in [0.2, 0.25) is 5.15 Å². The van der Waals surface area contributed by atoms with Crippen molar-refractivity contribution in [2.45, 2.75) is 30.6 Å². The predicted molar refractivity (Wildman–Crippen MR) is 76.7 cm³/mol. The van der Waals surface area contributed by atoms with Crippen LogP contribution in [0.4, 0.5) is 5.82 Å². The van der Waals surface area contributed by atoms with E-state index >= 15 is 0 Å². The van der Waals surface area contributed by atoms with E-state index in [2.05, 4.69) is 14.9 Å². The van der Waals surface area contributed by atoms with Gasteiger partial charge in [0.2, 0.25) is 0 Å². The zero-order valence-electron chi connectivity index (χ0n) is 10.5. The van der Waals surface area contributed by atoms with Crippen LogP contribution in [0.3, 0.4) is 0 Å². The molecule has 0 saturated heterocycles. The number of thioether (sulfide) groups is 1. The molecule has 0 unspecified atom stereocenters. The quantitative estimate of drug-likeness (QED) is 0.479. The van der Waals surface area contributed by atoms with Crippen molar-refractivity contribution in [1.82, 2.24) is 9.97 Å². The molecule has 1 aliphatic rings. The van der Waals surface area contributed by atoms with Crippen LogP contribution in [0.25, 0.3) is 0 Å². The minimum absolute atomic E-state index is 0.486. The van der Waals surface area contributed by atoms with Crippen molar-refractivity contribution < 1.29 is 4.42 Å². The average Bonchev–Trinajstić information content (AvgIpc) is 3.12. The van der Waals surface area contributed by atoms with Gasteiger partial charge in [0.05, 0.1) is 12.8 Å². The molecule has 0 radical (unpaired) electrons. The van der Waals surface area contributed by atoms with Crippen LogP contribution < -0.4 is 4.90 Å². The topological polar surface area (TPSA) is 42.2 Å². The summed E-state index contributed by atoms with van der Waals surface area (Å²) >= 11 is 7.56. The number of aromatic nitrogens is 2. The lowest BCUT2D eigenvalue weighted by Gasteiger charge is -2.22. The van der Waals surface area contributed by atoms with Gasteiger partial charge in [0.1, 0.15) is 16.7 Å². The normalized spacial score (nSPS) is 14.6. The fourth-order valence-electron chi connectivity index (χ4n) is 1.98. The molecular formula is C13H14ClN3OS. The zero-order valence-corrected chi connectivity index (χ0v) is 12.1. The molecule has 1 fully saturated rings. The number of hydrogen-bond donors (Lipinski definition) is 0. The first-order valence-corrected chi connectivity index (χ1v) is 7.74. The monoisotopic (exact) mass is 295 g/mol. The highest BCUT2D eigenvalue weighted by atomic mass is 35.5. The summed E-state index contributed by atoms with van der Waals surface area (Å²) in [7, 11) is 0. The smallest absolute Gasteiger partial charge is 0.190 e. The molecule has 0 amide bonds. The van der Waals surface area contributed by atoms with Crippen molar-refractivity contribution in [3.8, 4) is 0 Å². The van der Waals surface area contributed by atoms with Gasteiger partial charge in [-0.15, -0.1) is 0 Å². The Morgan fingerprint density at radius 2 is 2.32 bits per heavy atom. The van der Waals surface area contributed by atoms with Gasteiger partial charge in [-0.2, -0.15) is 0 Å². The number of halogens is 1. The second-order valence-corrected chi connectivity index (χ2v) is 5.63. The molecule has 0 aromatic carbocycles. The van der Waals surface area contributed by atoms with E-state index in [1.54, 1.807) is 6.26 Å². The van der Waals surface area contributed by atoms with Crippen molar-refractivity contribution >= 4 is 29.2 Å². The summed E-state index contributed by atoms with van der Waals surface area (Å²) in [6.45, 7) is 0.721. The van der Waals surface area contributed by atoms with Crippen LogP contribution in [0.1, 0.15) is 18.6 Å². The van der Waals surface area contributed by atoms with Gasteiger partial charge < -0.3 is 9.32 Å². The van der Waals surface area contributed by atoms with Gasteiger partial charge >= 0.3 is 0 Å². The highest BCUT2D eigenvalue weighted by Gasteiger charge is 2.31. The van der Waals surface area contributed by atoms with Crippen molar-refractivity contribution in [3.05, 3.63) is 35.4 Å². The molecule has 0 spiro atoms. The Labute approximate surface area is 121 Å². The summed E-state index contributed by atoms with van der Waals surface area (Å²) in [5.74, 6) is 1.82. The van der Waals surface area contributed by atoms with Gasteiger partial charge in [-0.05, 0) is 31.2 Å². The lowest BCUT2D eigenvalue weighted by molar-refractivity contribution is 0.500. The number of hydrogen-bond acceptors (Lipinski definition) is 5. The van der Waals surface area contributed by atoms with Crippen LogP contribution in [0.5, 0.6) is 0 Å². The van der Waals surface area contributed by atoms with Crippen LogP contribution in [0.15, 0.2) is 34.0 Å². The number of nitrogens with zero attached hydrogens (tertiary/aromatic N) is 3. The van der Waals surface area contributed by atoms with Crippen molar-refractivity contribution in [3.63, 3.8) is 0 Å². The zero-order chi connectivity index (χ0) is 13.2. The summed E-state index contributed by atoms with van der Waals surface area (Å²) in [5, 5.41) is 1.19. The van der Waals surface area contributed by atoms with Gasteiger partial charge in [0.15, 0.2) is 5.16 Å². The maximum Gasteiger partial charge on any atom is 0.190 e. The Morgan fingerprint density at radius 3 is 2.95 bits per heavy atom. The molecule has 19 heavy (non-hydrogen) atoms. The Morgan fingerprint density at radius 1 is 1.47 bits per heavy atom. The largest absolute Gasteiger partial charge is 0.467 e. The van der Waals surface area contributed by atoms with E-state index < -0.39 is 0 Å². The minimum Gasteiger partial charge on any atom is -0.467 e. The molecule has 6 heteroatoms. The van der Waals surface area contributed by atoms with Crippen molar-refractivity contribution in [2.24, 2.45) is 0 Å². The van der Waals surface area contributed by atoms with E-state index in [9.17, 15) is 0 Å². The van der Waals surface area contributed by atoms with E-state index in [0.29, 0.717) is 16.4 Å². The molecule has 1 aliphatic carbocycles. The van der Waals surface area contributed by atoms with Crippen LogP contribution in [0, 0.1) is 0 Å². The molecule has 0 atom stereocenters. The number of rotatable bonds is 5. The average molecular weight is 296 g/mol. The maximum atomic E-state index is 6.07. The SMILES string of the molecule is CSc1nc(Cl)cc(N(Cc2ccco2)C2CC2)n1. The molecular weight excluding hydrogens is 282 g/mol. The van der Waals surface area contributed by atoms with Crippen molar-refractivity contribution in [2.75, 3.05) is 11.2 Å².